The van der Waals surface area contributed by atoms with E-state index in [1.165, 1.54) is 30.3 Å². The number of pyridine rings is 1. The maximum Gasteiger partial charge on any atom is 0.422 e. The fourth-order valence-corrected chi connectivity index (χ4v) is 3.42. The molecule has 2 aromatic carbocycles. The van der Waals surface area contributed by atoms with Crippen LogP contribution in [0, 0.1) is 5.82 Å². The Morgan fingerprint density at radius 2 is 1.82 bits per heavy atom. The normalized spacial score (nSPS) is 11.3. The van der Waals surface area contributed by atoms with Gasteiger partial charge in [0.2, 0.25) is 0 Å². The van der Waals surface area contributed by atoms with Gasteiger partial charge in [0, 0.05) is 29.4 Å². The summed E-state index contributed by atoms with van der Waals surface area (Å²) in [7, 11) is 1.16. The number of carbonyl (C=O) groups is 2. The molecule has 0 radical (unpaired) electrons. The van der Waals surface area contributed by atoms with Crippen LogP contribution in [0.15, 0.2) is 48.7 Å². The molecule has 34 heavy (non-hydrogen) atoms. The van der Waals surface area contributed by atoms with E-state index < -0.39 is 41.8 Å². The summed E-state index contributed by atoms with van der Waals surface area (Å²) >= 11 is 12.1. The van der Waals surface area contributed by atoms with Gasteiger partial charge < -0.3 is 9.84 Å². The number of ether oxygens (including phenoxy) is 1. The molecule has 0 aliphatic carbocycles. The molecule has 1 heterocycles. The molecule has 3 rings (SSSR count). The highest BCUT2D eigenvalue weighted by atomic mass is 35.5. The number of alkyl halides is 3. The predicted molar refractivity (Wildman–Crippen MR) is 117 cm³/mol. The van der Waals surface area contributed by atoms with Crippen molar-refractivity contribution in [1.29, 1.82) is 0 Å². The average molecular weight is 517 g/mol. The van der Waals surface area contributed by atoms with Gasteiger partial charge in [0.25, 0.3) is 5.91 Å². The second-order valence-electron chi connectivity index (χ2n) is 6.91. The molecular formula is C22H14Cl2F4N2O4. The van der Waals surface area contributed by atoms with Crippen molar-refractivity contribution in [2.45, 2.75) is 6.18 Å². The summed E-state index contributed by atoms with van der Waals surface area (Å²) in [6.45, 7) is -1.71. The molecule has 0 unspecified atom stereocenters. The Balaban J connectivity index is 2.10. The number of nitrogens with zero attached hydrogens (tertiary/aromatic N) is 2. The summed E-state index contributed by atoms with van der Waals surface area (Å²) in [6.07, 6.45) is -3.55. The van der Waals surface area contributed by atoms with E-state index in [-0.39, 0.29) is 32.6 Å². The molecule has 1 N–H and O–H groups in total. The number of carboxylic acid groups (broad SMARTS) is 1. The number of anilines is 1. The van der Waals surface area contributed by atoms with Crippen molar-refractivity contribution >= 4 is 40.9 Å². The third kappa shape index (κ3) is 5.57. The number of hydrogen-bond acceptors (Lipinski definition) is 4. The molecule has 178 valence electrons. The minimum atomic E-state index is -4.72. The third-order valence-electron chi connectivity index (χ3n) is 4.55. The van der Waals surface area contributed by atoms with E-state index in [4.69, 9.17) is 27.9 Å². The van der Waals surface area contributed by atoms with Gasteiger partial charge in [0.05, 0.1) is 16.1 Å². The van der Waals surface area contributed by atoms with Crippen LogP contribution in [0.5, 0.6) is 5.75 Å². The highest BCUT2D eigenvalue weighted by molar-refractivity contribution is 6.34. The summed E-state index contributed by atoms with van der Waals surface area (Å²) in [6, 6.07) is 8.45. The van der Waals surface area contributed by atoms with Crippen molar-refractivity contribution in [1.82, 2.24) is 4.98 Å². The van der Waals surface area contributed by atoms with Crippen LogP contribution in [0.2, 0.25) is 10.0 Å². The fraction of sp³-hybridized carbons (Fsp3) is 0.136. The molecule has 12 heteroatoms. The maximum absolute atomic E-state index is 14.2. The van der Waals surface area contributed by atoms with Gasteiger partial charge in [-0.2, -0.15) is 13.2 Å². The molecule has 0 atom stereocenters. The summed E-state index contributed by atoms with van der Waals surface area (Å²) in [5.41, 5.74) is -0.346. The molecule has 1 aromatic heterocycles. The number of carboxylic acids is 1. The molecule has 0 fully saturated rings. The first-order valence-electron chi connectivity index (χ1n) is 9.34. The molecule has 0 aliphatic rings. The van der Waals surface area contributed by atoms with Gasteiger partial charge in [-0.25, -0.2) is 14.2 Å². The maximum atomic E-state index is 14.2. The van der Waals surface area contributed by atoms with Gasteiger partial charge in [-0.3, -0.25) is 9.69 Å². The fourth-order valence-electron chi connectivity index (χ4n) is 2.95. The Bertz CT molecular complexity index is 1250. The van der Waals surface area contributed by atoms with Crippen molar-refractivity contribution < 1.29 is 37.0 Å². The minimum Gasteiger partial charge on any atom is -0.480 e. The van der Waals surface area contributed by atoms with E-state index in [0.29, 0.717) is 0 Å². The summed E-state index contributed by atoms with van der Waals surface area (Å²) in [4.78, 5) is 29.0. The third-order valence-corrected chi connectivity index (χ3v) is 5.19. The first-order chi connectivity index (χ1) is 15.9. The van der Waals surface area contributed by atoms with Gasteiger partial charge in [0.1, 0.15) is 5.82 Å². The molecule has 1 amide bonds. The number of aromatic carboxylic acids is 1. The lowest BCUT2D eigenvalue weighted by Crippen LogP contribution is -2.29. The van der Waals surface area contributed by atoms with Crippen molar-refractivity contribution in [2.75, 3.05) is 18.6 Å². The molecule has 0 saturated carbocycles. The number of halogens is 6. The van der Waals surface area contributed by atoms with Gasteiger partial charge in [0.15, 0.2) is 18.2 Å². The SMILES string of the molecule is CN(C(=O)c1c(F)cccc1Cl)c1ncc(-c2cc(C(=O)O)ccc2Cl)cc1OCC(F)(F)F. The van der Waals surface area contributed by atoms with Crippen LogP contribution in [0.3, 0.4) is 0 Å². The summed E-state index contributed by atoms with van der Waals surface area (Å²) in [5.74, 6) is -4.00. The number of hydrogen-bond donors (Lipinski definition) is 1. The van der Waals surface area contributed by atoms with Crippen LogP contribution >= 0.6 is 23.2 Å². The summed E-state index contributed by atoms with van der Waals surface area (Å²) < 4.78 is 57.7. The number of carbonyl (C=O) groups excluding carboxylic acids is 1. The van der Waals surface area contributed by atoms with E-state index in [9.17, 15) is 32.3 Å². The number of rotatable bonds is 6. The number of amides is 1. The van der Waals surface area contributed by atoms with Crippen molar-refractivity contribution in [3.8, 4) is 16.9 Å². The predicted octanol–water partition coefficient (Wildman–Crippen LogP) is 6.11. The van der Waals surface area contributed by atoms with E-state index >= 15 is 0 Å². The van der Waals surface area contributed by atoms with E-state index in [2.05, 4.69) is 4.98 Å². The first kappa shape index (κ1) is 25.3. The lowest BCUT2D eigenvalue weighted by atomic mass is 10.0. The topological polar surface area (TPSA) is 79.7 Å². The quantitative estimate of drug-likeness (QED) is 0.400. The zero-order chi connectivity index (χ0) is 25.2. The summed E-state index contributed by atoms with van der Waals surface area (Å²) in [5, 5.41) is 9.11. The lowest BCUT2D eigenvalue weighted by molar-refractivity contribution is -0.153. The molecule has 3 aromatic rings. The van der Waals surface area contributed by atoms with Crippen LogP contribution in [-0.2, 0) is 0 Å². The Kier molecular flexibility index (Phi) is 7.32. The van der Waals surface area contributed by atoms with Crippen molar-refractivity contribution in [3.05, 3.63) is 75.7 Å². The van der Waals surface area contributed by atoms with Gasteiger partial charge in [-0.15, -0.1) is 0 Å². The average Bonchev–Trinajstić information content (AvgIpc) is 2.76. The van der Waals surface area contributed by atoms with Gasteiger partial charge in [-0.05, 0) is 36.4 Å². The van der Waals surface area contributed by atoms with Crippen molar-refractivity contribution in [2.24, 2.45) is 0 Å². The van der Waals surface area contributed by atoms with E-state index in [0.717, 1.165) is 30.3 Å². The van der Waals surface area contributed by atoms with Crippen LogP contribution in [-0.4, -0.2) is 41.8 Å². The van der Waals surface area contributed by atoms with Crippen LogP contribution < -0.4 is 9.64 Å². The van der Waals surface area contributed by atoms with Crippen molar-refractivity contribution in [3.63, 3.8) is 0 Å². The lowest BCUT2D eigenvalue weighted by Gasteiger charge is -2.21. The molecule has 6 nitrogen and oxygen atoms in total. The Hall–Kier alpha value is -3.37. The number of aromatic nitrogens is 1. The smallest absolute Gasteiger partial charge is 0.422 e. The molecule has 0 spiro atoms. The first-order valence-corrected chi connectivity index (χ1v) is 10.1. The molecule has 0 saturated heterocycles. The van der Waals surface area contributed by atoms with Crippen LogP contribution in [0.25, 0.3) is 11.1 Å². The highest BCUT2D eigenvalue weighted by Gasteiger charge is 2.31. The second kappa shape index (κ2) is 9.86. The zero-order valence-corrected chi connectivity index (χ0v) is 18.7. The standard InChI is InChI=1S/C22H14Cl2F4N2O4/c1-30(20(31)18-15(24)3-2-4-16(18)25)19-17(34-10-22(26,27)28)8-12(9-29-19)13-7-11(21(32)33)5-6-14(13)23/h2-9H,10H2,1H3,(H,32,33). The van der Waals surface area contributed by atoms with E-state index in [1.807, 2.05) is 0 Å². The molecular weight excluding hydrogens is 503 g/mol. The zero-order valence-electron chi connectivity index (χ0n) is 17.2. The largest absolute Gasteiger partial charge is 0.480 e. The Morgan fingerprint density at radius 3 is 2.44 bits per heavy atom. The monoisotopic (exact) mass is 516 g/mol. The molecule has 0 aliphatic heterocycles. The van der Waals surface area contributed by atoms with Gasteiger partial charge >= 0.3 is 12.1 Å². The van der Waals surface area contributed by atoms with Crippen LogP contribution in [0.4, 0.5) is 23.4 Å². The number of benzene rings is 2. The molecule has 0 bridgehead atoms. The highest BCUT2D eigenvalue weighted by Crippen LogP contribution is 2.36. The van der Waals surface area contributed by atoms with E-state index in [1.54, 1.807) is 0 Å². The van der Waals surface area contributed by atoms with Gasteiger partial charge in [-0.1, -0.05) is 29.3 Å². The Morgan fingerprint density at radius 1 is 1.12 bits per heavy atom. The van der Waals surface area contributed by atoms with Crippen LogP contribution in [0.1, 0.15) is 20.7 Å². The second-order valence-corrected chi connectivity index (χ2v) is 7.72. The Labute approximate surface area is 200 Å². The minimum absolute atomic E-state index is 0.101.